The van der Waals surface area contributed by atoms with E-state index in [0.29, 0.717) is 0 Å². The maximum absolute atomic E-state index is 4.34. The van der Waals surface area contributed by atoms with Gasteiger partial charge in [0.2, 0.25) is 0 Å². The highest BCUT2D eigenvalue weighted by Crippen LogP contribution is 2.17. The predicted molar refractivity (Wildman–Crippen MR) is 121 cm³/mol. The Morgan fingerprint density at radius 3 is 2.56 bits per heavy atom. The van der Waals surface area contributed by atoms with E-state index >= 15 is 0 Å². The molecular formula is C19H33IN4S. The molecule has 2 rings (SSSR count). The number of likely N-dealkylation sites (tertiary alicyclic amines) is 1. The number of rotatable bonds is 8. The molecule has 0 unspecified atom stereocenters. The molecule has 142 valence electrons. The lowest BCUT2D eigenvalue weighted by Gasteiger charge is -2.32. The number of aliphatic imine (C=N–C) groups is 1. The van der Waals surface area contributed by atoms with Crippen LogP contribution in [0, 0.1) is 5.92 Å². The molecule has 1 aliphatic heterocycles. The third kappa shape index (κ3) is 9.15. The zero-order chi connectivity index (χ0) is 17.0. The van der Waals surface area contributed by atoms with Crippen LogP contribution in [0.15, 0.2) is 40.2 Å². The number of guanidine groups is 1. The van der Waals surface area contributed by atoms with Crippen LogP contribution in [0.25, 0.3) is 0 Å². The van der Waals surface area contributed by atoms with Crippen LogP contribution in [-0.2, 0) is 0 Å². The topological polar surface area (TPSA) is 39.7 Å². The summed E-state index contributed by atoms with van der Waals surface area (Å²) >= 11 is 1.87. The minimum absolute atomic E-state index is 0. The predicted octanol–water partition coefficient (Wildman–Crippen LogP) is 3.68. The smallest absolute Gasteiger partial charge is 0.191 e. The van der Waals surface area contributed by atoms with Crippen LogP contribution in [0.4, 0.5) is 0 Å². The highest BCUT2D eigenvalue weighted by molar-refractivity contribution is 14.0. The van der Waals surface area contributed by atoms with E-state index in [4.69, 9.17) is 0 Å². The van der Waals surface area contributed by atoms with Gasteiger partial charge in [-0.05, 0) is 56.9 Å². The number of nitrogens with zero attached hydrogens (tertiary/aromatic N) is 2. The first-order chi connectivity index (χ1) is 11.8. The summed E-state index contributed by atoms with van der Waals surface area (Å²) in [7, 11) is 1.85. The van der Waals surface area contributed by atoms with Crippen molar-refractivity contribution in [2.45, 2.75) is 31.1 Å². The molecule has 0 bridgehead atoms. The Hall–Kier alpha value is -0.470. The SMILES string of the molecule is CCCN1CCC(CNC(=NC)NCCSc2ccccc2)CC1.I. The van der Waals surface area contributed by atoms with Gasteiger partial charge in [-0.1, -0.05) is 25.1 Å². The Kier molecular flexibility index (Phi) is 12.4. The molecule has 6 heteroatoms. The van der Waals surface area contributed by atoms with E-state index in [9.17, 15) is 0 Å². The molecule has 1 aromatic rings. The molecule has 0 spiro atoms. The normalized spacial score (nSPS) is 16.3. The number of halogens is 1. The second kappa shape index (κ2) is 13.7. The molecule has 1 aromatic carbocycles. The fourth-order valence-electron chi connectivity index (χ4n) is 3.05. The summed E-state index contributed by atoms with van der Waals surface area (Å²) in [6.45, 7) is 7.97. The molecule has 0 amide bonds. The van der Waals surface area contributed by atoms with Crippen molar-refractivity contribution in [3.8, 4) is 0 Å². The molecule has 0 aliphatic carbocycles. The summed E-state index contributed by atoms with van der Waals surface area (Å²) in [5.41, 5.74) is 0. The van der Waals surface area contributed by atoms with Crippen LogP contribution in [0.3, 0.4) is 0 Å². The van der Waals surface area contributed by atoms with E-state index in [1.165, 1.54) is 43.8 Å². The highest BCUT2D eigenvalue weighted by Gasteiger charge is 2.18. The van der Waals surface area contributed by atoms with E-state index < -0.39 is 0 Å². The van der Waals surface area contributed by atoms with E-state index in [2.05, 4.69) is 57.8 Å². The number of benzene rings is 1. The van der Waals surface area contributed by atoms with Crippen molar-refractivity contribution in [1.29, 1.82) is 0 Å². The zero-order valence-corrected chi connectivity index (χ0v) is 18.7. The van der Waals surface area contributed by atoms with Crippen LogP contribution in [0.2, 0.25) is 0 Å². The van der Waals surface area contributed by atoms with Crippen molar-refractivity contribution >= 4 is 41.7 Å². The Morgan fingerprint density at radius 2 is 1.92 bits per heavy atom. The quantitative estimate of drug-likeness (QED) is 0.198. The summed E-state index contributed by atoms with van der Waals surface area (Å²) in [5, 5.41) is 6.91. The van der Waals surface area contributed by atoms with Gasteiger partial charge in [0, 0.05) is 30.8 Å². The van der Waals surface area contributed by atoms with Crippen molar-refractivity contribution in [3.05, 3.63) is 30.3 Å². The second-order valence-corrected chi connectivity index (χ2v) is 7.49. The monoisotopic (exact) mass is 476 g/mol. The Labute approximate surface area is 174 Å². The maximum Gasteiger partial charge on any atom is 0.191 e. The van der Waals surface area contributed by atoms with Crippen molar-refractivity contribution in [2.24, 2.45) is 10.9 Å². The number of hydrogen-bond donors (Lipinski definition) is 2. The second-order valence-electron chi connectivity index (χ2n) is 6.33. The third-order valence-corrected chi connectivity index (χ3v) is 5.45. The van der Waals surface area contributed by atoms with Crippen LogP contribution in [0.5, 0.6) is 0 Å². The lowest BCUT2D eigenvalue weighted by atomic mass is 9.97. The van der Waals surface area contributed by atoms with E-state index in [0.717, 1.165) is 30.7 Å². The first-order valence-electron chi connectivity index (χ1n) is 9.16. The van der Waals surface area contributed by atoms with Crippen molar-refractivity contribution in [2.75, 3.05) is 45.5 Å². The van der Waals surface area contributed by atoms with E-state index in [-0.39, 0.29) is 24.0 Å². The fourth-order valence-corrected chi connectivity index (χ4v) is 3.84. The molecule has 2 N–H and O–H groups in total. The van der Waals surface area contributed by atoms with Gasteiger partial charge in [-0.3, -0.25) is 4.99 Å². The molecule has 1 saturated heterocycles. The average molecular weight is 476 g/mol. The molecule has 0 saturated carbocycles. The average Bonchev–Trinajstić information content (AvgIpc) is 2.63. The minimum Gasteiger partial charge on any atom is -0.356 e. The third-order valence-electron chi connectivity index (χ3n) is 4.44. The van der Waals surface area contributed by atoms with Gasteiger partial charge in [0.05, 0.1) is 0 Å². The van der Waals surface area contributed by atoms with Crippen molar-refractivity contribution < 1.29 is 0 Å². The maximum atomic E-state index is 4.34. The van der Waals surface area contributed by atoms with Gasteiger partial charge in [0.1, 0.15) is 0 Å². The lowest BCUT2D eigenvalue weighted by Crippen LogP contribution is -2.43. The Balaban J connectivity index is 0.00000312. The summed E-state index contributed by atoms with van der Waals surface area (Å²) in [6, 6.07) is 10.5. The molecule has 1 aliphatic rings. The molecule has 0 radical (unpaired) electrons. The summed E-state index contributed by atoms with van der Waals surface area (Å²) in [5.74, 6) is 2.75. The van der Waals surface area contributed by atoms with Crippen molar-refractivity contribution in [3.63, 3.8) is 0 Å². The standard InChI is InChI=1S/C19H32N4S.HI/c1-3-12-23-13-9-17(10-14-23)16-22-19(20-2)21-11-15-24-18-7-5-4-6-8-18;/h4-8,17H,3,9-16H2,1-2H3,(H2,20,21,22);1H. The van der Waals surface area contributed by atoms with Crippen LogP contribution >= 0.6 is 35.7 Å². The van der Waals surface area contributed by atoms with E-state index in [1.807, 2.05) is 18.8 Å². The number of nitrogens with one attached hydrogen (secondary N) is 2. The van der Waals surface area contributed by atoms with Crippen LogP contribution in [0.1, 0.15) is 26.2 Å². The van der Waals surface area contributed by atoms with Gasteiger partial charge < -0.3 is 15.5 Å². The Bertz CT molecular complexity index is 476. The zero-order valence-electron chi connectivity index (χ0n) is 15.5. The fraction of sp³-hybridized carbons (Fsp3) is 0.632. The van der Waals surface area contributed by atoms with Gasteiger partial charge >= 0.3 is 0 Å². The Morgan fingerprint density at radius 1 is 1.20 bits per heavy atom. The summed E-state index contributed by atoms with van der Waals surface area (Å²) in [6.07, 6.45) is 3.86. The van der Waals surface area contributed by atoms with Gasteiger partial charge in [0.15, 0.2) is 5.96 Å². The van der Waals surface area contributed by atoms with E-state index in [1.54, 1.807) is 0 Å². The molecule has 4 nitrogen and oxygen atoms in total. The van der Waals surface area contributed by atoms with Gasteiger partial charge in [0.25, 0.3) is 0 Å². The van der Waals surface area contributed by atoms with Crippen LogP contribution < -0.4 is 10.6 Å². The highest BCUT2D eigenvalue weighted by atomic mass is 127. The first-order valence-corrected chi connectivity index (χ1v) is 10.1. The van der Waals surface area contributed by atoms with Crippen molar-refractivity contribution in [1.82, 2.24) is 15.5 Å². The largest absolute Gasteiger partial charge is 0.356 e. The van der Waals surface area contributed by atoms with Crippen LogP contribution in [-0.4, -0.2) is 56.4 Å². The molecule has 0 atom stereocenters. The molecule has 1 heterocycles. The molecule has 0 aromatic heterocycles. The summed E-state index contributed by atoms with van der Waals surface area (Å²) < 4.78 is 0. The molecule has 25 heavy (non-hydrogen) atoms. The van der Waals surface area contributed by atoms with Gasteiger partial charge in [-0.25, -0.2) is 0 Å². The number of piperidine rings is 1. The molecule has 1 fully saturated rings. The van der Waals surface area contributed by atoms with Gasteiger partial charge in [-0.2, -0.15) is 0 Å². The minimum atomic E-state index is 0. The van der Waals surface area contributed by atoms with Gasteiger partial charge in [-0.15, -0.1) is 35.7 Å². The number of thioether (sulfide) groups is 1. The molecular weight excluding hydrogens is 443 g/mol. The lowest BCUT2D eigenvalue weighted by molar-refractivity contribution is 0.185. The first kappa shape index (κ1) is 22.6. The summed E-state index contributed by atoms with van der Waals surface area (Å²) in [4.78, 5) is 8.24. The number of hydrogen-bond acceptors (Lipinski definition) is 3.